The zero-order chi connectivity index (χ0) is 22.5. The monoisotopic (exact) mass is 654 g/mol. The van der Waals surface area contributed by atoms with Gasteiger partial charge in [0.05, 0.1) is 0 Å². The summed E-state index contributed by atoms with van der Waals surface area (Å²) in [4.78, 5) is 128. The van der Waals surface area contributed by atoms with Gasteiger partial charge in [-0.2, -0.15) is 39.1 Å². The molecule has 0 aromatic rings. The van der Waals surface area contributed by atoms with Crippen molar-refractivity contribution in [3.63, 3.8) is 0 Å². The van der Waals surface area contributed by atoms with Gasteiger partial charge in [-0.1, -0.05) is 0 Å². The van der Waals surface area contributed by atoms with Crippen LogP contribution in [-0.4, -0.2) is 23.1 Å². The first-order valence-corrected chi connectivity index (χ1v) is 11.0. The fourth-order valence-corrected chi connectivity index (χ4v) is 0. The Kier molecular flexibility index (Phi) is 51.5. The van der Waals surface area contributed by atoms with Gasteiger partial charge in [-0.25, -0.2) is 0 Å². The minimum absolute atomic E-state index is 0. The van der Waals surface area contributed by atoms with Crippen LogP contribution in [0.2, 0.25) is 0 Å². The molecule has 0 aliphatic heterocycles. The zero-order valence-electron chi connectivity index (χ0n) is 11.7. The molecule has 0 radical (unpaired) electrons. The van der Waals surface area contributed by atoms with Crippen molar-refractivity contribution in [3.05, 3.63) is 0 Å². The van der Waals surface area contributed by atoms with Crippen LogP contribution < -0.4 is 73.4 Å². The molecule has 0 unspecified atom stereocenters. The molecule has 0 saturated heterocycles. The van der Waals surface area contributed by atoms with E-state index in [1.165, 1.54) is 0 Å². The Balaban J connectivity index is -0.0000000238. The maximum absolute atomic E-state index is 8.55. The van der Waals surface area contributed by atoms with E-state index >= 15 is 0 Å². The molecule has 0 aromatic heterocycles. The summed E-state index contributed by atoms with van der Waals surface area (Å²) in [5.74, 6) is 0. The summed E-state index contributed by atoms with van der Waals surface area (Å²) in [5.41, 5.74) is 0. The summed E-state index contributed by atoms with van der Waals surface area (Å²) in [6.07, 6.45) is 0. The van der Waals surface area contributed by atoms with Crippen molar-refractivity contribution < 1.29 is 152 Å². The van der Waals surface area contributed by atoms with Crippen LogP contribution in [0.5, 0.6) is 0 Å². The minimum atomic E-state index is -5.39. The van der Waals surface area contributed by atoms with E-state index in [-0.39, 0.29) is 78.7 Å². The molecule has 0 rings (SSSR count). The molecular formula is H2MgO20P5V3. The Morgan fingerprint density at radius 3 is 0.276 bits per heavy atom. The van der Waals surface area contributed by atoms with Gasteiger partial charge in [0.25, 0.3) is 0 Å². The first-order chi connectivity index (χ1) is 10.0. The van der Waals surface area contributed by atoms with Crippen molar-refractivity contribution in [2.24, 2.45) is 0 Å². The van der Waals surface area contributed by atoms with Crippen LogP contribution in [0.4, 0.5) is 0 Å². The SMILES string of the molecule is O=P([O-])([O-])[O-].O=P([O-])([O-])[O-].O=P([O-])([O-])[O-].O=P([O-])([O-])[O-].O=P([O-])([O-])[O-].[MgH2].[V+5].[V+5].[V+5]. The van der Waals surface area contributed by atoms with E-state index in [9.17, 15) is 0 Å². The molecule has 0 aliphatic rings. The second-order valence-electron chi connectivity index (χ2n) is 2.24. The van der Waals surface area contributed by atoms with E-state index in [1.54, 1.807) is 0 Å². The molecule has 29 heavy (non-hydrogen) atoms. The second kappa shape index (κ2) is 25.7. The Labute approximate surface area is 212 Å². The van der Waals surface area contributed by atoms with Crippen molar-refractivity contribution >= 4 is 62.2 Å². The van der Waals surface area contributed by atoms with E-state index < -0.39 is 39.1 Å². The molecule has 0 fully saturated rings. The standard InChI is InChI=1S/Mg.5H3O4P.3V.2H/c;5*1-5(2,3)4;;;;;/h;5*(H3,1,2,3,4);;;;;/q;;;;;;3*+5;;/p-15. The molecule has 0 aromatic carbocycles. The van der Waals surface area contributed by atoms with Crippen LogP contribution in [0, 0.1) is 0 Å². The van der Waals surface area contributed by atoms with Gasteiger partial charge < -0.3 is 96.2 Å². The molecule has 0 N–H and O–H groups in total. The third kappa shape index (κ3) is 2790. The van der Waals surface area contributed by atoms with Gasteiger partial charge in [0, 0.05) is 0 Å². The molecular weight excluding hydrogens is 652 g/mol. The summed E-state index contributed by atoms with van der Waals surface area (Å²) >= 11 is 0. The average molecular weight is 654 g/mol. The largest absolute Gasteiger partial charge is 5.00 e. The average Bonchev–Trinajstić information content (AvgIpc) is 1.79. The van der Waals surface area contributed by atoms with E-state index in [2.05, 4.69) is 0 Å². The fourth-order valence-electron chi connectivity index (χ4n) is 0. The fraction of sp³-hybridized carbons (Fsp3) is 0. The number of hydrogen-bond acceptors (Lipinski definition) is 20. The van der Waals surface area contributed by atoms with Crippen LogP contribution in [0.3, 0.4) is 0 Å². The Morgan fingerprint density at radius 1 is 0.276 bits per heavy atom. The first-order valence-electron chi connectivity index (χ1n) is 3.65. The third-order valence-corrected chi connectivity index (χ3v) is 0. The molecule has 0 atom stereocenters. The van der Waals surface area contributed by atoms with Crippen molar-refractivity contribution in [1.29, 1.82) is 0 Å². The predicted octanol–water partition coefficient (Wildman–Crippen LogP) is -15.0. The van der Waals surface area contributed by atoms with Gasteiger partial charge in [-0.3, -0.25) is 0 Å². The van der Waals surface area contributed by atoms with Gasteiger partial charge in [-0.15, -0.1) is 0 Å². The van der Waals surface area contributed by atoms with Gasteiger partial charge in [-0.05, 0) is 0 Å². The maximum Gasteiger partial charge on any atom is 5.00 e. The first kappa shape index (κ1) is 58.2. The van der Waals surface area contributed by atoms with Crippen LogP contribution >= 0.6 is 39.1 Å². The number of phosphoric acid groups is 5. The van der Waals surface area contributed by atoms with Crippen molar-refractivity contribution in [3.8, 4) is 0 Å². The van der Waals surface area contributed by atoms with E-state index in [0.717, 1.165) is 0 Å². The molecule has 0 spiro atoms. The Bertz CT molecular complexity index is 385. The van der Waals surface area contributed by atoms with Gasteiger partial charge in [0.1, 0.15) is 0 Å². The number of rotatable bonds is 0. The van der Waals surface area contributed by atoms with Crippen LogP contribution in [0.15, 0.2) is 0 Å². The summed E-state index contributed by atoms with van der Waals surface area (Å²) in [5, 5.41) is 0. The molecule has 20 nitrogen and oxygen atoms in total. The van der Waals surface area contributed by atoms with E-state index in [1.807, 2.05) is 0 Å². The quantitative estimate of drug-likeness (QED) is 0.173. The molecule has 0 aliphatic carbocycles. The van der Waals surface area contributed by atoms with Crippen molar-refractivity contribution in [2.75, 3.05) is 0 Å². The third-order valence-electron chi connectivity index (χ3n) is 0. The van der Waals surface area contributed by atoms with Gasteiger partial charge >= 0.3 is 78.7 Å². The molecule has 0 amide bonds. The Morgan fingerprint density at radius 2 is 0.276 bits per heavy atom. The Hall–Kier alpha value is 3.07. The van der Waals surface area contributed by atoms with Crippen molar-refractivity contribution in [2.45, 2.75) is 0 Å². The molecule has 0 saturated carbocycles. The van der Waals surface area contributed by atoms with Crippen LogP contribution in [-0.2, 0) is 78.5 Å². The van der Waals surface area contributed by atoms with Crippen LogP contribution in [0.1, 0.15) is 0 Å². The summed E-state index contributed by atoms with van der Waals surface area (Å²) < 4.78 is 42.7. The van der Waals surface area contributed by atoms with Crippen LogP contribution in [0.25, 0.3) is 0 Å². The predicted molar refractivity (Wildman–Crippen MR) is 46.6 cm³/mol. The summed E-state index contributed by atoms with van der Waals surface area (Å²) in [6, 6.07) is 0. The second-order valence-corrected chi connectivity index (χ2v) is 6.71. The van der Waals surface area contributed by atoms with Gasteiger partial charge in [0.15, 0.2) is 0 Å². The van der Waals surface area contributed by atoms with Gasteiger partial charge in [0.2, 0.25) is 0 Å². The molecule has 0 bridgehead atoms. The van der Waals surface area contributed by atoms with E-state index in [4.69, 9.17) is 96.2 Å². The summed E-state index contributed by atoms with van der Waals surface area (Å²) in [6.45, 7) is 0. The maximum atomic E-state index is 8.55. The topological polar surface area (TPSA) is 431 Å². The smallest absolute Gasteiger partial charge is 0.822 e. The molecule has 29 heteroatoms. The normalized spacial score (nSPS) is 10.2. The van der Waals surface area contributed by atoms with Crippen molar-refractivity contribution in [1.82, 2.24) is 0 Å². The number of hydrogen-bond donors (Lipinski definition) is 0. The van der Waals surface area contributed by atoms with E-state index in [0.29, 0.717) is 0 Å². The molecule has 0 heterocycles. The minimum Gasteiger partial charge on any atom is -0.822 e. The zero-order valence-corrected chi connectivity index (χ0v) is 20.4. The summed E-state index contributed by atoms with van der Waals surface area (Å²) in [7, 11) is -26.9. The molecule has 164 valence electrons.